The minimum Gasteiger partial charge on any atom is -0.327 e. The van der Waals surface area contributed by atoms with Crippen LogP contribution in [0.2, 0.25) is 0 Å². The number of rotatable bonds is 3. The highest BCUT2D eigenvalue weighted by Gasteiger charge is 2.32. The molecule has 3 N–H and O–H groups in total. The van der Waals surface area contributed by atoms with E-state index in [1.54, 1.807) is 6.92 Å². The van der Waals surface area contributed by atoms with Crippen molar-refractivity contribution in [2.75, 3.05) is 5.32 Å². The van der Waals surface area contributed by atoms with Crippen LogP contribution in [0.4, 0.5) is 10.5 Å². The highest BCUT2D eigenvalue weighted by molar-refractivity contribution is 6.07. The summed E-state index contributed by atoms with van der Waals surface area (Å²) in [6.45, 7) is 3.70. The van der Waals surface area contributed by atoms with E-state index in [0.717, 1.165) is 27.6 Å². The summed E-state index contributed by atoms with van der Waals surface area (Å²) in [7, 11) is 0. The maximum atomic E-state index is 13.2. The summed E-state index contributed by atoms with van der Waals surface area (Å²) in [5, 5.41) is 10.7. The van der Waals surface area contributed by atoms with Crippen molar-refractivity contribution in [2.24, 2.45) is 0 Å². The molecule has 0 saturated carbocycles. The van der Waals surface area contributed by atoms with Crippen LogP contribution in [0, 0.1) is 6.92 Å². The summed E-state index contributed by atoms with van der Waals surface area (Å²) in [4.78, 5) is 25.4. The van der Waals surface area contributed by atoms with Gasteiger partial charge in [-0.05, 0) is 41.8 Å². The van der Waals surface area contributed by atoms with Crippen molar-refractivity contribution in [3.8, 4) is 0 Å². The summed E-state index contributed by atoms with van der Waals surface area (Å²) in [6.07, 6.45) is 0. The molecule has 5 heteroatoms. The molecule has 0 saturated heterocycles. The number of aryl methyl sites for hydroxylation is 1. The van der Waals surface area contributed by atoms with Crippen molar-refractivity contribution >= 4 is 28.4 Å². The monoisotopic (exact) mass is 371 g/mol. The van der Waals surface area contributed by atoms with Gasteiger partial charge in [-0.3, -0.25) is 4.79 Å². The maximum absolute atomic E-state index is 13.2. The van der Waals surface area contributed by atoms with Gasteiger partial charge in [0.15, 0.2) is 0 Å². The Bertz CT molecular complexity index is 1110. The number of anilines is 1. The number of hydrogen-bond donors (Lipinski definition) is 3. The van der Waals surface area contributed by atoms with Gasteiger partial charge >= 0.3 is 6.03 Å². The predicted molar refractivity (Wildman–Crippen MR) is 111 cm³/mol. The van der Waals surface area contributed by atoms with Gasteiger partial charge in [0.05, 0.1) is 11.6 Å². The van der Waals surface area contributed by atoms with Gasteiger partial charge in [-0.25, -0.2) is 4.79 Å². The van der Waals surface area contributed by atoms with Crippen molar-refractivity contribution < 1.29 is 9.59 Å². The molecule has 1 heterocycles. The van der Waals surface area contributed by atoms with Crippen molar-refractivity contribution in [3.05, 3.63) is 89.1 Å². The summed E-state index contributed by atoms with van der Waals surface area (Å²) < 4.78 is 0. The Morgan fingerprint density at radius 1 is 0.929 bits per heavy atom. The number of fused-ring (bicyclic) bond motifs is 1. The molecule has 140 valence electrons. The summed E-state index contributed by atoms with van der Waals surface area (Å²) >= 11 is 0. The molecule has 28 heavy (non-hydrogen) atoms. The zero-order valence-electron chi connectivity index (χ0n) is 15.7. The average molecular weight is 371 g/mol. The van der Waals surface area contributed by atoms with Crippen LogP contribution in [0.3, 0.4) is 0 Å². The van der Waals surface area contributed by atoms with Crippen molar-refractivity contribution in [3.63, 3.8) is 0 Å². The van der Waals surface area contributed by atoms with Crippen molar-refractivity contribution in [1.29, 1.82) is 0 Å². The first-order valence-corrected chi connectivity index (χ1v) is 9.17. The lowest BCUT2D eigenvalue weighted by Gasteiger charge is -2.29. The van der Waals surface area contributed by atoms with Crippen LogP contribution in [0.5, 0.6) is 0 Å². The molecule has 0 unspecified atom stereocenters. The summed E-state index contributed by atoms with van der Waals surface area (Å²) in [5.74, 6) is -0.239. The van der Waals surface area contributed by atoms with E-state index >= 15 is 0 Å². The van der Waals surface area contributed by atoms with Gasteiger partial charge in [-0.15, -0.1) is 0 Å². The third-order valence-electron chi connectivity index (χ3n) is 5.04. The highest BCUT2D eigenvalue weighted by Crippen LogP contribution is 2.32. The zero-order chi connectivity index (χ0) is 19.7. The molecule has 0 spiro atoms. The summed E-state index contributed by atoms with van der Waals surface area (Å²) in [5.41, 5.74) is 3.67. The van der Waals surface area contributed by atoms with Gasteiger partial charge in [0.2, 0.25) is 0 Å². The second kappa shape index (κ2) is 7.19. The van der Waals surface area contributed by atoms with Crippen LogP contribution in [0.15, 0.2) is 78.0 Å². The number of amides is 3. The second-order valence-corrected chi connectivity index (χ2v) is 6.91. The predicted octanol–water partition coefficient (Wildman–Crippen LogP) is 4.41. The van der Waals surface area contributed by atoms with Gasteiger partial charge in [0.1, 0.15) is 0 Å². The maximum Gasteiger partial charge on any atom is 0.319 e. The van der Waals surface area contributed by atoms with E-state index in [2.05, 4.69) is 16.0 Å². The first kappa shape index (κ1) is 17.8. The molecule has 0 bridgehead atoms. The number of nitrogens with one attached hydrogen (secondary N) is 3. The van der Waals surface area contributed by atoms with E-state index in [-0.39, 0.29) is 11.9 Å². The van der Waals surface area contributed by atoms with Gasteiger partial charge in [-0.2, -0.15) is 0 Å². The largest absolute Gasteiger partial charge is 0.327 e. The standard InChI is InChI=1S/C23H21N3O2/c1-14-8-3-6-13-19(14)25-22(27)20-15(2)24-23(28)26-21(20)18-12-7-10-16-9-4-5-11-17(16)18/h3-13,21H,1-2H3,(H,25,27)(H2,24,26,28)/t21-/m1/s1. The number of urea groups is 1. The average Bonchev–Trinajstić information content (AvgIpc) is 2.68. The minimum atomic E-state index is -0.538. The molecule has 1 aliphatic rings. The number of para-hydroxylation sites is 1. The van der Waals surface area contributed by atoms with E-state index < -0.39 is 6.04 Å². The van der Waals surface area contributed by atoms with Gasteiger partial charge < -0.3 is 16.0 Å². The molecule has 3 aromatic carbocycles. The van der Waals surface area contributed by atoms with Gasteiger partial charge in [-0.1, -0.05) is 60.7 Å². The van der Waals surface area contributed by atoms with Crippen LogP contribution in [-0.4, -0.2) is 11.9 Å². The van der Waals surface area contributed by atoms with E-state index in [0.29, 0.717) is 11.3 Å². The van der Waals surface area contributed by atoms with Crippen LogP contribution < -0.4 is 16.0 Å². The molecular formula is C23H21N3O2. The third-order valence-corrected chi connectivity index (χ3v) is 5.04. The lowest BCUT2D eigenvalue weighted by molar-refractivity contribution is -0.113. The Labute approximate surface area is 163 Å². The third kappa shape index (κ3) is 3.22. The van der Waals surface area contributed by atoms with Crippen molar-refractivity contribution in [1.82, 2.24) is 10.6 Å². The van der Waals surface area contributed by atoms with E-state index in [9.17, 15) is 9.59 Å². The number of hydrogen-bond acceptors (Lipinski definition) is 2. The molecule has 0 aromatic heterocycles. The highest BCUT2D eigenvalue weighted by atomic mass is 16.2. The molecule has 4 rings (SSSR count). The molecule has 5 nitrogen and oxygen atoms in total. The normalized spacial score (nSPS) is 16.5. The Morgan fingerprint density at radius 2 is 1.64 bits per heavy atom. The Balaban J connectivity index is 1.79. The number of carbonyl (C=O) groups excluding carboxylic acids is 2. The lowest BCUT2D eigenvalue weighted by Crippen LogP contribution is -2.46. The Hall–Kier alpha value is -3.60. The van der Waals surface area contributed by atoms with Crippen LogP contribution in [0.1, 0.15) is 24.1 Å². The lowest BCUT2D eigenvalue weighted by atomic mass is 9.91. The van der Waals surface area contributed by atoms with Gasteiger partial charge in [0, 0.05) is 11.4 Å². The molecular weight excluding hydrogens is 350 g/mol. The second-order valence-electron chi connectivity index (χ2n) is 6.91. The van der Waals surface area contributed by atoms with Gasteiger partial charge in [0.25, 0.3) is 5.91 Å². The smallest absolute Gasteiger partial charge is 0.319 e. The SMILES string of the molecule is CC1=C(C(=O)Nc2ccccc2C)[C@@H](c2cccc3ccccc23)NC(=O)N1. The number of allylic oxidation sites excluding steroid dienone is 1. The Morgan fingerprint density at radius 3 is 2.46 bits per heavy atom. The van der Waals surface area contributed by atoms with Crippen molar-refractivity contribution in [2.45, 2.75) is 19.9 Å². The fraction of sp³-hybridized carbons (Fsp3) is 0.130. The molecule has 0 aliphatic carbocycles. The van der Waals surface area contributed by atoms with Crippen LogP contribution >= 0.6 is 0 Å². The first-order valence-electron chi connectivity index (χ1n) is 9.17. The quantitative estimate of drug-likeness (QED) is 0.638. The molecule has 1 atom stereocenters. The zero-order valence-corrected chi connectivity index (χ0v) is 15.7. The molecule has 1 aliphatic heterocycles. The van der Waals surface area contributed by atoms with E-state index in [4.69, 9.17) is 0 Å². The minimum absolute atomic E-state index is 0.239. The molecule has 3 amide bonds. The van der Waals surface area contributed by atoms with Crippen LogP contribution in [0.25, 0.3) is 10.8 Å². The first-order chi connectivity index (χ1) is 13.5. The summed E-state index contributed by atoms with van der Waals surface area (Å²) in [6, 6.07) is 20.6. The Kier molecular flexibility index (Phi) is 4.57. The molecule has 0 fully saturated rings. The number of carbonyl (C=O) groups is 2. The topological polar surface area (TPSA) is 70.2 Å². The molecule has 3 aromatic rings. The van der Waals surface area contributed by atoms with Crippen LogP contribution in [-0.2, 0) is 4.79 Å². The molecule has 0 radical (unpaired) electrons. The van der Waals surface area contributed by atoms with E-state index in [1.807, 2.05) is 73.7 Å². The van der Waals surface area contributed by atoms with E-state index in [1.165, 1.54) is 0 Å². The number of benzene rings is 3. The fourth-order valence-corrected chi connectivity index (χ4v) is 3.63. The fourth-order valence-electron chi connectivity index (χ4n) is 3.63.